The first kappa shape index (κ1) is 16.1. The van der Waals surface area contributed by atoms with E-state index in [4.69, 9.17) is 0 Å². The van der Waals surface area contributed by atoms with E-state index in [1.165, 1.54) is 6.33 Å². The highest BCUT2D eigenvalue weighted by Crippen LogP contribution is 2.27. The Morgan fingerprint density at radius 2 is 2.04 bits per heavy atom. The number of nitrogens with one attached hydrogen (secondary N) is 1. The molecule has 24 heavy (non-hydrogen) atoms. The highest BCUT2D eigenvalue weighted by molar-refractivity contribution is 5.45. The van der Waals surface area contributed by atoms with Crippen molar-refractivity contribution in [2.75, 3.05) is 11.9 Å². The van der Waals surface area contributed by atoms with Gasteiger partial charge in [0.15, 0.2) is 0 Å². The maximum atomic E-state index is 12.8. The van der Waals surface area contributed by atoms with Gasteiger partial charge in [0.25, 0.3) is 11.6 Å². The highest BCUT2D eigenvalue weighted by Gasteiger charge is 2.36. The molecule has 1 N–H and O–H groups in total. The predicted octanol–water partition coefficient (Wildman–Crippen LogP) is 1.62. The van der Waals surface area contributed by atoms with Gasteiger partial charge in [0.2, 0.25) is 0 Å². The van der Waals surface area contributed by atoms with Gasteiger partial charge in [-0.05, 0) is 13.3 Å². The maximum absolute atomic E-state index is 12.8. The minimum Gasteiger partial charge on any atom is -0.370 e. The van der Waals surface area contributed by atoms with Crippen molar-refractivity contribution in [3.8, 4) is 0 Å². The van der Waals surface area contributed by atoms with Crippen LogP contribution in [0.3, 0.4) is 0 Å². The van der Waals surface area contributed by atoms with Crippen molar-refractivity contribution in [2.45, 2.75) is 25.9 Å². The molecule has 0 saturated heterocycles. The van der Waals surface area contributed by atoms with Gasteiger partial charge in [-0.25, -0.2) is 9.97 Å². The van der Waals surface area contributed by atoms with Crippen LogP contribution in [-0.4, -0.2) is 40.9 Å². The van der Waals surface area contributed by atoms with E-state index in [0.717, 1.165) is 16.8 Å². The number of rotatable bonds is 5. The predicted molar refractivity (Wildman–Crippen MR) is 78.3 cm³/mol. The SMILES string of the molecule is Cc1cc(NCCCc2ncnn2C)n2nc(C(F)(F)F)nc2n1. The molecule has 0 atom stereocenters. The molecular formula is C13H15F3N8. The normalized spacial score (nSPS) is 12.0. The number of fused-ring (bicyclic) bond motifs is 1. The fourth-order valence-electron chi connectivity index (χ4n) is 2.24. The monoisotopic (exact) mass is 340 g/mol. The molecule has 3 heterocycles. The van der Waals surface area contributed by atoms with Gasteiger partial charge in [-0.2, -0.15) is 27.8 Å². The summed E-state index contributed by atoms with van der Waals surface area (Å²) in [5.41, 5.74) is 0.555. The summed E-state index contributed by atoms with van der Waals surface area (Å²) >= 11 is 0. The van der Waals surface area contributed by atoms with Crippen molar-refractivity contribution < 1.29 is 13.2 Å². The first-order valence-electron chi connectivity index (χ1n) is 7.23. The zero-order valence-electron chi connectivity index (χ0n) is 13.0. The van der Waals surface area contributed by atoms with Crippen molar-refractivity contribution in [1.29, 1.82) is 0 Å². The molecule has 3 rings (SSSR count). The first-order chi connectivity index (χ1) is 11.3. The van der Waals surface area contributed by atoms with E-state index < -0.39 is 12.0 Å². The molecule has 0 unspecified atom stereocenters. The lowest BCUT2D eigenvalue weighted by Gasteiger charge is -2.08. The van der Waals surface area contributed by atoms with Crippen LogP contribution in [0.2, 0.25) is 0 Å². The van der Waals surface area contributed by atoms with Gasteiger partial charge in [-0.15, -0.1) is 5.10 Å². The third-order valence-electron chi connectivity index (χ3n) is 3.38. The summed E-state index contributed by atoms with van der Waals surface area (Å²) in [5.74, 6) is -0.0349. The fraction of sp³-hybridized carbons (Fsp3) is 0.462. The highest BCUT2D eigenvalue weighted by atomic mass is 19.4. The molecule has 0 aromatic carbocycles. The average molecular weight is 340 g/mol. The van der Waals surface area contributed by atoms with Crippen LogP contribution in [0.4, 0.5) is 19.0 Å². The minimum absolute atomic E-state index is 0.0851. The topological polar surface area (TPSA) is 85.8 Å². The van der Waals surface area contributed by atoms with Crippen molar-refractivity contribution in [3.63, 3.8) is 0 Å². The van der Waals surface area contributed by atoms with E-state index in [0.29, 0.717) is 24.5 Å². The molecule has 0 spiro atoms. The molecule has 8 nitrogen and oxygen atoms in total. The van der Waals surface area contributed by atoms with Gasteiger partial charge in [0, 0.05) is 31.8 Å². The number of hydrogen-bond acceptors (Lipinski definition) is 6. The summed E-state index contributed by atoms with van der Waals surface area (Å²) in [4.78, 5) is 11.5. The Bertz CT molecular complexity index is 851. The van der Waals surface area contributed by atoms with Gasteiger partial charge >= 0.3 is 6.18 Å². The number of aromatic nitrogens is 7. The lowest BCUT2D eigenvalue weighted by Crippen LogP contribution is -2.11. The number of hydrogen-bond donors (Lipinski definition) is 1. The molecule has 3 aromatic heterocycles. The Labute approximate surface area is 134 Å². The molecule has 0 saturated carbocycles. The van der Waals surface area contributed by atoms with Gasteiger partial charge in [0.05, 0.1) is 0 Å². The Balaban J connectivity index is 1.74. The van der Waals surface area contributed by atoms with E-state index >= 15 is 0 Å². The molecule has 0 amide bonds. The summed E-state index contributed by atoms with van der Waals surface area (Å²) in [5, 5.41) is 10.5. The smallest absolute Gasteiger partial charge is 0.370 e. The number of alkyl halides is 3. The van der Waals surface area contributed by atoms with Crippen LogP contribution in [0.1, 0.15) is 23.8 Å². The second-order valence-corrected chi connectivity index (χ2v) is 5.26. The van der Waals surface area contributed by atoms with Gasteiger partial charge in [0.1, 0.15) is 18.0 Å². The Morgan fingerprint density at radius 3 is 2.71 bits per heavy atom. The maximum Gasteiger partial charge on any atom is 0.453 e. The van der Waals surface area contributed by atoms with Crippen molar-refractivity contribution in [2.24, 2.45) is 7.05 Å². The average Bonchev–Trinajstić information content (AvgIpc) is 3.09. The summed E-state index contributed by atoms with van der Waals surface area (Å²) in [6, 6.07) is 1.63. The number of nitrogens with zero attached hydrogens (tertiary/aromatic N) is 7. The summed E-state index contributed by atoms with van der Waals surface area (Å²) in [6.45, 7) is 2.22. The zero-order chi connectivity index (χ0) is 17.3. The summed E-state index contributed by atoms with van der Waals surface area (Å²) < 4.78 is 41.0. The largest absolute Gasteiger partial charge is 0.453 e. The fourth-order valence-corrected chi connectivity index (χ4v) is 2.24. The van der Waals surface area contributed by atoms with Crippen LogP contribution in [0, 0.1) is 6.92 Å². The van der Waals surface area contributed by atoms with Crippen LogP contribution < -0.4 is 5.32 Å². The molecule has 128 valence electrons. The third-order valence-corrected chi connectivity index (χ3v) is 3.38. The lowest BCUT2D eigenvalue weighted by atomic mass is 10.3. The molecule has 0 bridgehead atoms. The summed E-state index contributed by atoms with van der Waals surface area (Å²) in [7, 11) is 1.81. The molecule has 0 radical (unpaired) electrons. The second-order valence-electron chi connectivity index (χ2n) is 5.26. The van der Waals surface area contributed by atoms with Crippen LogP contribution >= 0.6 is 0 Å². The second kappa shape index (κ2) is 6.06. The van der Waals surface area contributed by atoms with Crippen molar-refractivity contribution in [3.05, 3.63) is 29.7 Å². The van der Waals surface area contributed by atoms with E-state index in [1.54, 1.807) is 24.7 Å². The molecule has 0 aliphatic rings. The Morgan fingerprint density at radius 1 is 1.25 bits per heavy atom. The van der Waals surface area contributed by atoms with Gasteiger partial charge < -0.3 is 5.32 Å². The number of anilines is 1. The number of halogens is 3. The molecular weight excluding hydrogens is 325 g/mol. The molecule has 0 fully saturated rings. The molecule has 0 aliphatic heterocycles. The van der Waals surface area contributed by atoms with Crippen LogP contribution in [0.5, 0.6) is 0 Å². The van der Waals surface area contributed by atoms with Crippen LogP contribution in [0.25, 0.3) is 5.78 Å². The standard InChI is InChI=1S/C13H15F3N8/c1-8-6-10(17-5-3-4-9-18-7-19-23(9)2)24-12(20-8)21-11(22-24)13(14,15)16/h6-7,17H,3-5H2,1-2H3. The van der Waals surface area contributed by atoms with Crippen LogP contribution in [-0.2, 0) is 19.6 Å². The van der Waals surface area contributed by atoms with E-state index in [1.807, 2.05) is 0 Å². The quantitative estimate of drug-likeness (QED) is 0.711. The van der Waals surface area contributed by atoms with E-state index in [9.17, 15) is 13.2 Å². The van der Waals surface area contributed by atoms with Gasteiger partial charge in [-0.1, -0.05) is 0 Å². The third kappa shape index (κ3) is 3.29. The molecule has 3 aromatic rings. The van der Waals surface area contributed by atoms with Gasteiger partial charge in [-0.3, -0.25) is 4.68 Å². The van der Waals surface area contributed by atoms with Crippen LogP contribution in [0.15, 0.2) is 12.4 Å². The Kier molecular flexibility index (Phi) is 4.08. The van der Waals surface area contributed by atoms with E-state index in [2.05, 4.69) is 30.5 Å². The van der Waals surface area contributed by atoms with Crippen molar-refractivity contribution in [1.82, 2.24) is 34.3 Å². The number of aryl methyl sites for hydroxylation is 3. The molecule has 11 heteroatoms. The first-order valence-corrected chi connectivity index (χ1v) is 7.23. The Hall–Kier alpha value is -2.72. The zero-order valence-corrected chi connectivity index (χ0v) is 13.0. The minimum atomic E-state index is -4.61. The lowest BCUT2D eigenvalue weighted by molar-refractivity contribution is -0.144. The van der Waals surface area contributed by atoms with E-state index in [-0.39, 0.29) is 5.78 Å². The molecule has 0 aliphatic carbocycles. The van der Waals surface area contributed by atoms with Crippen molar-refractivity contribution >= 4 is 11.6 Å². The summed E-state index contributed by atoms with van der Waals surface area (Å²) in [6.07, 6.45) is -1.70.